The zero-order valence-corrected chi connectivity index (χ0v) is 11.7. The topological polar surface area (TPSA) is 57.0 Å². The van der Waals surface area contributed by atoms with Crippen LogP contribution in [0.25, 0.3) is 5.69 Å². The van der Waals surface area contributed by atoms with Gasteiger partial charge in [-0.15, -0.1) is 0 Å². The third kappa shape index (κ3) is 2.46. The van der Waals surface area contributed by atoms with Crippen molar-refractivity contribution in [2.24, 2.45) is 0 Å². The zero-order chi connectivity index (χ0) is 14.0. The van der Waals surface area contributed by atoms with Crippen molar-refractivity contribution in [3.8, 4) is 5.69 Å². The first kappa shape index (κ1) is 13.5. The molecule has 2 aromatic heterocycles. The minimum Gasteiger partial charge on any atom is -0.462 e. The molecule has 0 atom stereocenters. The van der Waals surface area contributed by atoms with Crippen LogP contribution >= 0.6 is 11.6 Å². The molecule has 0 N–H and O–H groups in total. The van der Waals surface area contributed by atoms with Gasteiger partial charge in [-0.2, -0.15) is 5.10 Å². The minimum atomic E-state index is -0.381. The maximum Gasteiger partial charge on any atom is 0.341 e. The smallest absolute Gasteiger partial charge is 0.341 e. The van der Waals surface area contributed by atoms with Crippen molar-refractivity contribution in [3.63, 3.8) is 0 Å². The van der Waals surface area contributed by atoms with E-state index in [1.54, 1.807) is 30.8 Å². The fourth-order valence-electron chi connectivity index (χ4n) is 1.76. The monoisotopic (exact) mass is 279 g/mol. The van der Waals surface area contributed by atoms with Crippen LogP contribution in [0.3, 0.4) is 0 Å². The quantitative estimate of drug-likeness (QED) is 0.811. The molecule has 0 unspecified atom stereocenters. The summed E-state index contributed by atoms with van der Waals surface area (Å²) >= 11 is 6.21. The Morgan fingerprint density at radius 2 is 2.21 bits per heavy atom. The van der Waals surface area contributed by atoms with Crippen LogP contribution in [0.1, 0.15) is 28.7 Å². The summed E-state index contributed by atoms with van der Waals surface area (Å²) in [5.74, 6) is -0.381. The van der Waals surface area contributed by atoms with E-state index in [4.69, 9.17) is 16.3 Å². The van der Waals surface area contributed by atoms with Gasteiger partial charge in [-0.3, -0.25) is 4.98 Å². The van der Waals surface area contributed by atoms with E-state index < -0.39 is 0 Å². The Balaban J connectivity index is 2.48. The summed E-state index contributed by atoms with van der Waals surface area (Å²) in [5.41, 5.74) is 2.53. The molecule has 6 heteroatoms. The first-order valence-corrected chi connectivity index (χ1v) is 6.27. The molecule has 0 fully saturated rings. The molecule has 0 aromatic carbocycles. The Bertz CT molecular complexity index is 622. The second-order valence-electron chi connectivity index (χ2n) is 4.01. The van der Waals surface area contributed by atoms with Crippen LogP contribution in [0.15, 0.2) is 18.5 Å². The van der Waals surface area contributed by atoms with E-state index in [-0.39, 0.29) is 5.97 Å². The highest BCUT2D eigenvalue weighted by Crippen LogP contribution is 2.24. The summed E-state index contributed by atoms with van der Waals surface area (Å²) in [6.07, 6.45) is 3.14. The average Bonchev–Trinajstić information content (AvgIpc) is 2.75. The molecule has 100 valence electrons. The Morgan fingerprint density at radius 3 is 2.89 bits per heavy atom. The van der Waals surface area contributed by atoms with Gasteiger partial charge in [-0.05, 0) is 26.8 Å². The number of carbonyl (C=O) groups is 1. The number of pyridine rings is 1. The summed E-state index contributed by atoms with van der Waals surface area (Å²) in [6.45, 7) is 5.71. The number of hydrogen-bond donors (Lipinski definition) is 0. The lowest BCUT2D eigenvalue weighted by Crippen LogP contribution is -2.07. The second kappa shape index (κ2) is 5.40. The van der Waals surface area contributed by atoms with Crippen LogP contribution in [-0.4, -0.2) is 27.3 Å². The van der Waals surface area contributed by atoms with Gasteiger partial charge in [-0.1, -0.05) is 11.6 Å². The highest BCUT2D eigenvalue weighted by atomic mass is 35.5. The van der Waals surface area contributed by atoms with Crippen LogP contribution in [-0.2, 0) is 4.74 Å². The van der Waals surface area contributed by atoms with Crippen molar-refractivity contribution in [1.82, 2.24) is 14.8 Å². The highest BCUT2D eigenvalue weighted by Gasteiger charge is 2.17. The van der Waals surface area contributed by atoms with Crippen LogP contribution in [0.5, 0.6) is 0 Å². The molecule has 5 nitrogen and oxygen atoms in total. The number of rotatable bonds is 3. The minimum absolute atomic E-state index is 0.332. The van der Waals surface area contributed by atoms with Gasteiger partial charge < -0.3 is 4.74 Å². The van der Waals surface area contributed by atoms with Crippen molar-refractivity contribution >= 4 is 17.6 Å². The Hall–Kier alpha value is -1.88. The molecule has 0 spiro atoms. The van der Waals surface area contributed by atoms with Crippen molar-refractivity contribution in [2.45, 2.75) is 20.8 Å². The molecule has 0 aliphatic carbocycles. The van der Waals surface area contributed by atoms with Gasteiger partial charge in [0, 0.05) is 6.20 Å². The number of halogens is 1. The summed E-state index contributed by atoms with van der Waals surface area (Å²) in [5, 5.41) is 4.71. The van der Waals surface area contributed by atoms with Gasteiger partial charge in [0.15, 0.2) is 0 Å². The molecule has 0 radical (unpaired) electrons. The Kier molecular flexibility index (Phi) is 3.85. The summed E-state index contributed by atoms with van der Waals surface area (Å²) in [7, 11) is 0. The third-order valence-electron chi connectivity index (χ3n) is 2.78. The maximum absolute atomic E-state index is 11.7. The number of aryl methyl sites for hydroxylation is 1. The Morgan fingerprint density at radius 1 is 1.47 bits per heavy atom. The molecular weight excluding hydrogens is 266 g/mol. The number of ether oxygens (including phenoxy) is 1. The number of hydrogen-bond acceptors (Lipinski definition) is 4. The van der Waals surface area contributed by atoms with E-state index in [9.17, 15) is 4.79 Å². The standard InChI is InChI=1S/C13H14ClN3O2/c1-4-19-13(18)10-7-16-17(9(10)3)11-5-6-15-8(2)12(11)14/h5-7H,4H2,1-3H3. The van der Waals surface area contributed by atoms with Crippen LogP contribution in [0, 0.1) is 13.8 Å². The van der Waals surface area contributed by atoms with Crippen molar-refractivity contribution in [3.05, 3.63) is 40.4 Å². The van der Waals surface area contributed by atoms with Crippen LogP contribution < -0.4 is 0 Å². The first-order valence-electron chi connectivity index (χ1n) is 5.89. The van der Waals surface area contributed by atoms with Crippen LogP contribution in [0.2, 0.25) is 5.02 Å². The lowest BCUT2D eigenvalue weighted by molar-refractivity contribution is 0.0525. The predicted octanol–water partition coefficient (Wildman–Crippen LogP) is 2.71. The molecule has 2 aromatic rings. The summed E-state index contributed by atoms with van der Waals surface area (Å²) in [4.78, 5) is 15.8. The van der Waals surface area contributed by atoms with E-state index in [0.29, 0.717) is 34.3 Å². The fourth-order valence-corrected chi connectivity index (χ4v) is 1.95. The lowest BCUT2D eigenvalue weighted by atomic mass is 10.2. The molecule has 19 heavy (non-hydrogen) atoms. The average molecular weight is 280 g/mol. The second-order valence-corrected chi connectivity index (χ2v) is 4.38. The van der Waals surface area contributed by atoms with Crippen molar-refractivity contribution < 1.29 is 9.53 Å². The van der Waals surface area contributed by atoms with Crippen molar-refractivity contribution in [2.75, 3.05) is 6.61 Å². The number of nitrogens with zero attached hydrogens (tertiary/aromatic N) is 3. The molecule has 0 saturated heterocycles. The fraction of sp³-hybridized carbons (Fsp3) is 0.308. The summed E-state index contributed by atoms with van der Waals surface area (Å²) < 4.78 is 6.59. The van der Waals surface area contributed by atoms with Gasteiger partial charge in [-0.25, -0.2) is 9.48 Å². The SMILES string of the molecule is CCOC(=O)c1cnn(-c2ccnc(C)c2Cl)c1C. The largest absolute Gasteiger partial charge is 0.462 e. The predicted molar refractivity (Wildman–Crippen MR) is 71.8 cm³/mol. The molecular formula is C13H14ClN3O2. The number of esters is 1. The van der Waals surface area contributed by atoms with Crippen LogP contribution in [0.4, 0.5) is 0 Å². The van der Waals surface area contributed by atoms with Gasteiger partial charge in [0.25, 0.3) is 0 Å². The maximum atomic E-state index is 11.7. The summed E-state index contributed by atoms with van der Waals surface area (Å²) in [6, 6.07) is 1.75. The normalized spacial score (nSPS) is 10.5. The van der Waals surface area contributed by atoms with E-state index in [2.05, 4.69) is 10.1 Å². The number of aromatic nitrogens is 3. The molecule has 2 heterocycles. The van der Waals surface area contributed by atoms with E-state index in [0.717, 1.165) is 0 Å². The van der Waals surface area contributed by atoms with E-state index in [1.165, 1.54) is 6.20 Å². The van der Waals surface area contributed by atoms with Gasteiger partial charge in [0.1, 0.15) is 5.56 Å². The lowest BCUT2D eigenvalue weighted by Gasteiger charge is -2.08. The molecule has 0 aliphatic heterocycles. The van der Waals surface area contributed by atoms with Crippen molar-refractivity contribution in [1.29, 1.82) is 0 Å². The van der Waals surface area contributed by atoms with Gasteiger partial charge >= 0.3 is 5.97 Å². The Labute approximate surface area is 116 Å². The van der Waals surface area contributed by atoms with Gasteiger partial charge in [0.05, 0.1) is 34.9 Å². The zero-order valence-electron chi connectivity index (χ0n) is 11.0. The molecule has 2 rings (SSSR count). The third-order valence-corrected chi connectivity index (χ3v) is 3.24. The molecule has 0 bridgehead atoms. The molecule has 0 amide bonds. The van der Waals surface area contributed by atoms with E-state index >= 15 is 0 Å². The first-order chi connectivity index (χ1) is 9.06. The number of carbonyl (C=O) groups excluding carboxylic acids is 1. The molecule has 0 aliphatic rings. The highest BCUT2D eigenvalue weighted by molar-refractivity contribution is 6.33. The van der Waals surface area contributed by atoms with E-state index in [1.807, 2.05) is 6.92 Å². The van der Waals surface area contributed by atoms with Gasteiger partial charge in [0.2, 0.25) is 0 Å². The molecule has 0 saturated carbocycles.